The SMILES string of the molecule is CNC(C)c1nc(C2CCC2)no1. The molecule has 1 heterocycles. The molecule has 1 aliphatic rings. The lowest BCUT2D eigenvalue weighted by Gasteiger charge is -2.21. The van der Waals surface area contributed by atoms with Crippen molar-refractivity contribution in [1.29, 1.82) is 0 Å². The predicted molar refractivity (Wildman–Crippen MR) is 48.4 cm³/mol. The van der Waals surface area contributed by atoms with Gasteiger partial charge in [0.05, 0.1) is 6.04 Å². The zero-order chi connectivity index (χ0) is 9.26. The lowest BCUT2D eigenvalue weighted by molar-refractivity contribution is 0.329. The van der Waals surface area contributed by atoms with Crippen molar-refractivity contribution in [2.24, 2.45) is 0 Å². The maximum atomic E-state index is 5.15. The molecule has 0 bridgehead atoms. The molecule has 1 aromatic rings. The molecule has 0 spiro atoms. The number of rotatable bonds is 3. The van der Waals surface area contributed by atoms with E-state index in [-0.39, 0.29) is 6.04 Å². The third kappa shape index (κ3) is 1.58. The third-order valence-electron chi connectivity index (χ3n) is 2.73. The van der Waals surface area contributed by atoms with Crippen molar-refractivity contribution in [3.63, 3.8) is 0 Å². The van der Waals surface area contributed by atoms with E-state index in [1.807, 2.05) is 14.0 Å². The highest BCUT2D eigenvalue weighted by molar-refractivity contribution is 5.01. The van der Waals surface area contributed by atoms with Crippen molar-refractivity contribution in [3.8, 4) is 0 Å². The van der Waals surface area contributed by atoms with Crippen LogP contribution in [0.5, 0.6) is 0 Å². The molecule has 0 amide bonds. The number of hydrogen-bond acceptors (Lipinski definition) is 4. The first-order valence-electron chi connectivity index (χ1n) is 4.82. The van der Waals surface area contributed by atoms with E-state index in [1.165, 1.54) is 19.3 Å². The van der Waals surface area contributed by atoms with Gasteiger partial charge in [-0.25, -0.2) is 0 Å². The minimum Gasteiger partial charge on any atom is -0.338 e. The molecule has 2 rings (SSSR count). The Morgan fingerprint density at radius 3 is 2.85 bits per heavy atom. The maximum absolute atomic E-state index is 5.15. The Hall–Kier alpha value is -0.900. The highest BCUT2D eigenvalue weighted by Crippen LogP contribution is 2.34. The molecule has 0 aliphatic heterocycles. The van der Waals surface area contributed by atoms with Gasteiger partial charge in [0.15, 0.2) is 5.82 Å². The van der Waals surface area contributed by atoms with Crippen molar-refractivity contribution >= 4 is 0 Å². The summed E-state index contributed by atoms with van der Waals surface area (Å²) in [6.45, 7) is 2.01. The third-order valence-corrected chi connectivity index (χ3v) is 2.73. The van der Waals surface area contributed by atoms with Gasteiger partial charge in [-0.15, -0.1) is 0 Å². The summed E-state index contributed by atoms with van der Waals surface area (Å²) in [5.41, 5.74) is 0. The van der Waals surface area contributed by atoms with Gasteiger partial charge >= 0.3 is 0 Å². The summed E-state index contributed by atoms with van der Waals surface area (Å²) in [5.74, 6) is 2.15. The Morgan fingerprint density at radius 2 is 2.31 bits per heavy atom. The molecule has 1 unspecified atom stereocenters. The molecule has 13 heavy (non-hydrogen) atoms. The van der Waals surface area contributed by atoms with E-state index in [0.29, 0.717) is 11.8 Å². The molecule has 1 N–H and O–H groups in total. The summed E-state index contributed by atoms with van der Waals surface area (Å²) in [6.07, 6.45) is 3.73. The van der Waals surface area contributed by atoms with Gasteiger partial charge in [0.1, 0.15) is 0 Å². The number of nitrogens with zero attached hydrogens (tertiary/aromatic N) is 2. The van der Waals surface area contributed by atoms with Gasteiger partial charge < -0.3 is 9.84 Å². The summed E-state index contributed by atoms with van der Waals surface area (Å²) < 4.78 is 5.15. The number of nitrogens with one attached hydrogen (secondary N) is 1. The van der Waals surface area contributed by atoms with Crippen LogP contribution in [-0.4, -0.2) is 17.2 Å². The van der Waals surface area contributed by atoms with Crippen LogP contribution in [0.1, 0.15) is 49.9 Å². The summed E-state index contributed by atoms with van der Waals surface area (Å²) in [4.78, 5) is 4.36. The van der Waals surface area contributed by atoms with Gasteiger partial charge in [-0.2, -0.15) is 4.98 Å². The Morgan fingerprint density at radius 1 is 1.54 bits per heavy atom. The monoisotopic (exact) mass is 181 g/mol. The highest BCUT2D eigenvalue weighted by Gasteiger charge is 2.25. The van der Waals surface area contributed by atoms with E-state index < -0.39 is 0 Å². The van der Waals surface area contributed by atoms with Crippen molar-refractivity contribution in [2.45, 2.75) is 38.1 Å². The van der Waals surface area contributed by atoms with Gasteiger partial charge in [-0.3, -0.25) is 0 Å². The minimum absolute atomic E-state index is 0.154. The van der Waals surface area contributed by atoms with Crippen LogP contribution in [0.15, 0.2) is 4.52 Å². The molecular weight excluding hydrogens is 166 g/mol. The van der Waals surface area contributed by atoms with Crippen LogP contribution in [-0.2, 0) is 0 Å². The Balaban J connectivity index is 2.08. The average molecular weight is 181 g/mol. The van der Waals surface area contributed by atoms with Crippen molar-refractivity contribution < 1.29 is 4.52 Å². The van der Waals surface area contributed by atoms with E-state index in [4.69, 9.17) is 4.52 Å². The molecule has 0 saturated heterocycles. The van der Waals surface area contributed by atoms with Crippen LogP contribution in [0.4, 0.5) is 0 Å². The van der Waals surface area contributed by atoms with E-state index in [9.17, 15) is 0 Å². The molecular formula is C9H15N3O. The lowest BCUT2D eigenvalue weighted by Crippen LogP contribution is -2.14. The summed E-state index contributed by atoms with van der Waals surface area (Å²) in [5, 5.41) is 7.05. The fourth-order valence-electron chi connectivity index (χ4n) is 1.38. The molecule has 1 atom stereocenters. The van der Waals surface area contributed by atoms with Crippen LogP contribution in [0.3, 0.4) is 0 Å². The Labute approximate surface area is 77.7 Å². The lowest BCUT2D eigenvalue weighted by atomic mass is 9.85. The molecule has 4 heteroatoms. The molecule has 4 nitrogen and oxygen atoms in total. The smallest absolute Gasteiger partial charge is 0.243 e. The average Bonchev–Trinajstić information content (AvgIpc) is 2.49. The van der Waals surface area contributed by atoms with Gasteiger partial charge in [0.2, 0.25) is 5.89 Å². The molecule has 1 aliphatic carbocycles. The molecule has 1 aromatic heterocycles. The molecule has 72 valence electrons. The second-order valence-corrected chi connectivity index (χ2v) is 3.63. The first kappa shape index (κ1) is 8.69. The van der Waals surface area contributed by atoms with Crippen molar-refractivity contribution in [3.05, 3.63) is 11.7 Å². The van der Waals surface area contributed by atoms with E-state index in [2.05, 4.69) is 15.5 Å². The minimum atomic E-state index is 0.154. The zero-order valence-electron chi connectivity index (χ0n) is 8.08. The van der Waals surface area contributed by atoms with Crippen LogP contribution in [0.25, 0.3) is 0 Å². The van der Waals surface area contributed by atoms with Crippen LogP contribution >= 0.6 is 0 Å². The molecule has 0 aromatic carbocycles. The van der Waals surface area contributed by atoms with Crippen LogP contribution in [0.2, 0.25) is 0 Å². The topological polar surface area (TPSA) is 51.0 Å². The molecule has 1 saturated carbocycles. The Bertz CT molecular complexity index is 261. The van der Waals surface area contributed by atoms with Crippen molar-refractivity contribution in [1.82, 2.24) is 15.5 Å². The van der Waals surface area contributed by atoms with Gasteiger partial charge in [0, 0.05) is 5.92 Å². The summed E-state index contributed by atoms with van der Waals surface area (Å²) in [7, 11) is 1.89. The van der Waals surface area contributed by atoms with E-state index in [1.54, 1.807) is 0 Å². The highest BCUT2D eigenvalue weighted by atomic mass is 16.5. The number of hydrogen-bond donors (Lipinski definition) is 1. The molecule has 0 radical (unpaired) electrons. The second kappa shape index (κ2) is 3.46. The summed E-state index contributed by atoms with van der Waals surface area (Å²) in [6, 6.07) is 0.154. The second-order valence-electron chi connectivity index (χ2n) is 3.63. The van der Waals surface area contributed by atoms with E-state index in [0.717, 1.165) is 5.82 Å². The fraction of sp³-hybridized carbons (Fsp3) is 0.778. The van der Waals surface area contributed by atoms with Gasteiger partial charge in [-0.05, 0) is 26.8 Å². The first-order valence-corrected chi connectivity index (χ1v) is 4.82. The van der Waals surface area contributed by atoms with Gasteiger partial charge in [-0.1, -0.05) is 11.6 Å². The van der Waals surface area contributed by atoms with E-state index >= 15 is 0 Å². The normalized spacial score (nSPS) is 19.8. The fourth-order valence-corrected chi connectivity index (χ4v) is 1.38. The largest absolute Gasteiger partial charge is 0.338 e. The predicted octanol–water partition coefficient (Wildman–Crippen LogP) is 1.62. The van der Waals surface area contributed by atoms with Crippen LogP contribution < -0.4 is 5.32 Å². The summed E-state index contributed by atoms with van der Waals surface area (Å²) >= 11 is 0. The standard InChI is InChI=1S/C9H15N3O/c1-6(10-2)9-11-8(12-13-9)7-4-3-5-7/h6-7,10H,3-5H2,1-2H3. The Kier molecular flexibility index (Phi) is 2.31. The van der Waals surface area contributed by atoms with Crippen LogP contribution in [0, 0.1) is 0 Å². The number of aromatic nitrogens is 2. The zero-order valence-corrected chi connectivity index (χ0v) is 8.08. The quantitative estimate of drug-likeness (QED) is 0.769. The maximum Gasteiger partial charge on any atom is 0.243 e. The first-order chi connectivity index (χ1) is 6.31. The van der Waals surface area contributed by atoms with Gasteiger partial charge in [0.25, 0.3) is 0 Å². The molecule has 1 fully saturated rings. The van der Waals surface area contributed by atoms with Crippen molar-refractivity contribution in [2.75, 3.05) is 7.05 Å².